The lowest BCUT2D eigenvalue weighted by Crippen LogP contribution is -2.29. The van der Waals surface area contributed by atoms with E-state index >= 15 is 0 Å². The summed E-state index contributed by atoms with van der Waals surface area (Å²) in [6.45, 7) is 3.95. The Morgan fingerprint density at radius 1 is 1.27 bits per heavy atom. The highest BCUT2D eigenvalue weighted by Gasteiger charge is 2.33. The van der Waals surface area contributed by atoms with Crippen LogP contribution in [-0.2, 0) is 4.79 Å². The molecule has 0 radical (unpaired) electrons. The third-order valence-corrected chi connectivity index (χ3v) is 4.49. The fraction of sp³-hybridized carbons (Fsp3) is 0.0556. The quantitative estimate of drug-likeness (QED) is 0.348. The van der Waals surface area contributed by atoms with Crippen LogP contribution < -0.4 is 0 Å². The van der Waals surface area contributed by atoms with Crippen molar-refractivity contribution < 1.29 is 9.72 Å². The van der Waals surface area contributed by atoms with E-state index in [4.69, 9.17) is 0 Å². The second-order valence-corrected chi connectivity index (χ2v) is 6.22. The number of amides is 1. The highest BCUT2D eigenvalue weighted by atomic mass is 32.2. The summed E-state index contributed by atoms with van der Waals surface area (Å²) in [7, 11) is 0. The minimum Gasteiger partial charge on any atom is -0.282 e. The van der Waals surface area contributed by atoms with Crippen LogP contribution in [0.4, 0.5) is 11.5 Å². The molecule has 0 atom stereocenters. The highest BCUT2D eigenvalue weighted by molar-refractivity contribution is 8.18. The van der Waals surface area contributed by atoms with Crippen LogP contribution in [0.1, 0.15) is 5.56 Å². The molecule has 0 N–H and O–H groups in total. The van der Waals surface area contributed by atoms with Gasteiger partial charge in [-0.1, -0.05) is 24.3 Å². The zero-order valence-corrected chi connectivity index (χ0v) is 14.4. The maximum atomic E-state index is 12.7. The van der Waals surface area contributed by atoms with Crippen LogP contribution in [0.15, 0.2) is 71.2 Å². The van der Waals surface area contributed by atoms with Gasteiger partial charge in [0.25, 0.3) is 11.6 Å². The van der Waals surface area contributed by atoms with Crippen LogP contribution in [0.5, 0.6) is 0 Å². The van der Waals surface area contributed by atoms with E-state index in [-0.39, 0.29) is 18.1 Å². The van der Waals surface area contributed by atoms with E-state index < -0.39 is 4.92 Å². The molecule has 1 saturated heterocycles. The third-order valence-electron chi connectivity index (χ3n) is 3.48. The van der Waals surface area contributed by atoms with Crippen molar-refractivity contribution >= 4 is 40.4 Å². The molecule has 1 fully saturated rings. The van der Waals surface area contributed by atoms with Crippen molar-refractivity contribution in [3.63, 3.8) is 0 Å². The van der Waals surface area contributed by atoms with E-state index in [2.05, 4.69) is 16.6 Å². The van der Waals surface area contributed by atoms with Crippen molar-refractivity contribution in [1.29, 1.82) is 0 Å². The van der Waals surface area contributed by atoms with Crippen LogP contribution in [-0.4, -0.2) is 32.4 Å². The Morgan fingerprint density at radius 2 is 2.04 bits per heavy atom. The first-order valence-corrected chi connectivity index (χ1v) is 8.47. The Labute approximate surface area is 153 Å². The number of nitrogens with zero attached hydrogens (tertiary/aromatic N) is 4. The number of benzene rings is 1. The average Bonchev–Trinajstić information content (AvgIpc) is 2.92. The molecular weight excluding hydrogens is 352 g/mol. The van der Waals surface area contributed by atoms with E-state index in [1.807, 2.05) is 0 Å². The molecule has 130 valence electrons. The predicted octanol–water partition coefficient (Wildman–Crippen LogP) is 3.78. The van der Waals surface area contributed by atoms with Gasteiger partial charge < -0.3 is 0 Å². The van der Waals surface area contributed by atoms with Crippen molar-refractivity contribution in [3.8, 4) is 0 Å². The summed E-state index contributed by atoms with van der Waals surface area (Å²) in [5.74, 6) is 0.200. The maximum Gasteiger partial charge on any atom is 0.276 e. The van der Waals surface area contributed by atoms with E-state index in [9.17, 15) is 14.9 Å². The number of hydrogen-bond acceptors (Lipinski definition) is 6. The SMILES string of the molecule is C=CCN1C(=O)/C(=C/c2ccccc2[N+](=O)[O-])S/C1=N/c1ccccn1. The number of amidine groups is 1. The van der Waals surface area contributed by atoms with Gasteiger partial charge in [-0.3, -0.25) is 19.8 Å². The Balaban J connectivity index is 2.00. The lowest BCUT2D eigenvalue weighted by molar-refractivity contribution is -0.385. The Hall–Kier alpha value is -3.26. The van der Waals surface area contributed by atoms with E-state index in [0.717, 1.165) is 11.8 Å². The van der Waals surface area contributed by atoms with Gasteiger partial charge in [0.15, 0.2) is 11.0 Å². The van der Waals surface area contributed by atoms with Crippen molar-refractivity contribution in [2.75, 3.05) is 6.54 Å². The van der Waals surface area contributed by atoms with Crippen LogP contribution in [0.3, 0.4) is 0 Å². The molecule has 26 heavy (non-hydrogen) atoms. The lowest BCUT2D eigenvalue weighted by Gasteiger charge is -2.12. The molecule has 2 heterocycles. The first kappa shape index (κ1) is 17.6. The number of aromatic nitrogens is 1. The summed E-state index contributed by atoms with van der Waals surface area (Å²) < 4.78 is 0. The molecule has 3 rings (SSSR count). The van der Waals surface area contributed by atoms with E-state index in [1.54, 1.807) is 48.7 Å². The topological polar surface area (TPSA) is 88.7 Å². The summed E-state index contributed by atoms with van der Waals surface area (Å²) in [5.41, 5.74) is 0.310. The smallest absolute Gasteiger partial charge is 0.276 e. The molecule has 0 aliphatic carbocycles. The van der Waals surface area contributed by atoms with Crippen LogP contribution >= 0.6 is 11.8 Å². The third kappa shape index (κ3) is 3.70. The zero-order chi connectivity index (χ0) is 18.5. The van der Waals surface area contributed by atoms with E-state index in [1.165, 1.54) is 17.0 Å². The maximum absolute atomic E-state index is 12.7. The second-order valence-electron chi connectivity index (χ2n) is 5.21. The summed E-state index contributed by atoms with van der Waals surface area (Å²) >= 11 is 1.15. The molecule has 0 unspecified atom stereocenters. The van der Waals surface area contributed by atoms with E-state index in [0.29, 0.717) is 21.5 Å². The van der Waals surface area contributed by atoms with Crippen molar-refractivity contribution in [2.24, 2.45) is 4.99 Å². The lowest BCUT2D eigenvalue weighted by atomic mass is 10.1. The molecule has 7 nitrogen and oxygen atoms in total. The average molecular weight is 366 g/mol. The zero-order valence-electron chi connectivity index (χ0n) is 13.6. The molecule has 0 saturated carbocycles. The molecule has 1 aliphatic heterocycles. The first-order chi connectivity index (χ1) is 12.6. The number of carbonyl (C=O) groups is 1. The Bertz CT molecular complexity index is 925. The summed E-state index contributed by atoms with van der Waals surface area (Å²) in [6, 6.07) is 11.6. The van der Waals surface area contributed by atoms with Gasteiger partial charge in [0.1, 0.15) is 0 Å². The fourth-order valence-electron chi connectivity index (χ4n) is 2.32. The molecule has 0 spiro atoms. The van der Waals surface area contributed by atoms with Gasteiger partial charge in [-0.25, -0.2) is 9.98 Å². The number of pyridine rings is 1. The van der Waals surface area contributed by atoms with Gasteiger partial charge in [0.2, 0.25) is 0 Å². The second kappa shape index (κ2) is 7.75. The summed E-state index contributed by atoms with van der Waals surface area (Å²) in [5, 5.41) is 11.6. The van der Waals surface area contributed by atoms with Crippen molar-refractivity contribution in [3.05, 3.63) is 81.9 Å². The molecule has 2 aromatic rings. The van der Waals surface area contributed by atoms with Gasteiger partial charge in [-0.15, -0.1) is 6.58 Å². The number of thioether (sulfide) groups is 1. The van der Waals surface area contributed by atoms with Crippen LogP contribution in [0, 0.1) is 10.1 Å². The number of rotatable bonds is 5. The molecule has 1 amide bonds. The largest absolute Gasteiger partial charge is 0.282 e. The van der Waals surface area contributed by atoms with Gasteiger partial charge >= 0.3 is 0 Å². The van der Waals surface area contributed by atoms with Crippen LogP contribution in [0.2, 0.25) is 0 Å². The monoisotopic (exact) mass is 366 g/mol. The minimum absolute atomic E-state index is 0.0567. The molecule has 1 aromatic heterocycles. The number of hydrogen-bond donors (Lipinski definition) is 0. The predicted molar refractivity (Wildman–Crippen MR) is 102 cm³/mol. The molecule has 1 aliphatic rings. The van der Waals surface area contributed by atoms with Gasteiger partial charge in [-0.2, -0.15) is 0 Å². The van der Waals surface area contributed by atoms with Gasteiger partial charge in [0.05, 0.1) is 15.4 Å². The fourth-order valence-corrected chi connectivity index (χ4v) is 3.30. The minimum atomic E-state index is -0.471. The molecule has 8 heteroatoms. The Kier molecular flexibility index (Phi) is 5.23. The standard InChI is InChI=1S/C18H14N4O3S/c1-2-11-21-17(23)15(12-13-7-3-4-8-14(13)22(24)25)26-18(21)20-16-9-5-6-10-19-16/h2-10,12H,1,11H2/b15-12-,20-18+. The molecule has 1 aromatic carbocycles. The number of carbonyl (C=O) groups excluding carboxylic acids is 1. The summed E-state index contributed by atoms with van der Waals surface area (Å²) in [4.78, 5) is 33.8. The normalized spacial score (nSPS) is 17.1. The molecule has 0 bridgehead atoms. The number of nitro benzene ring substituents is 1. The number of para-hydroxylation sites is 1. The van der Waals surface area contributed by atoms with Crippen LogP contribution in [0.25, 0.3) is 6.08 Å². The van der Waals surface area contributed by atoms with Crippen molar-refractivity contribution in [1.82, 2.24) is 9.88 Å². The molecular formula is C18H14N4O3S. The first-order valence-electron chi connectivity index (χ1n) is 7.65. The Morgan fingerprint density at radius 3 is 2.73 bits per heavy atom. The number of aliphatic imine (C=N–C) groups is 1. The number of nitro groups is 1. The van der Waals surface area contributed by atoms with Crippen molar-refractivity contribution in [2.45, 2.75) is 0 Å². The highest BCUT2D eigenvalue weighted by Crippen LogP contribution is 2.35. The van der Waals surface area contributed by atoms with Gasteiger partial charge in [-0.05, 0) is 36.0 Å². The van der Waals surface area contributed by atoms with Gasteiger partial charge in [0, 0.05) is 18.8 Å². The summed E-state index contributed by atoms with van der Waals surface area (Å²) in [6.07, 6.45) is 4.73.